The summed E-state index contributed by atoms with van der Waals surface area (Å²) in [5.41, 5.74) is 2.64. The van der Waals surface area contributed by atoms with Gasteiger partial charge in [-0.2, -0.15) is 0 Å². The lowest BCUT2D eigenvalue weighted by Gasteiger charge is -2.21. The van der Waals surface area contributed by atoms with Gasteiger partial charge in [0.15, 0.2) is 5.65 Å². The Bertz CT molecular complexity index is 955. The number of hydrogen-bond donors (Lipinski definition) is 1. The highest BCUT2D eigenvalue weighted by atomic mass is 127. The molecule has 3 heterocycles. The van der Waals surface area contributed by atoms with E-state index in [0.717, 1.165) is 23.5 Å². The average Bonchev–Trinajstić information content (AvgIpc) is 3.32. The number of hydrogen-bond acceptors (Lipinski definition) is 6. The third kappa shape index (κ3) is 3.63. The summed E-state index contributed by atoms with van der Waals surface area (Å²) in [6, 6.07) is 3.72. The highest BCUT2D eigenvalue weighted by Gasteiger charge is 2.25. The van der Waals surface area contributed by atoms with Gasteiger partial charge in [-0.25, -0.2) is 19.7 Å². The van der Waals surface area contributed by atoms with E-state index in [1.54, 1.807) is 26.7 Å². The molecule has 0 unspecified atom stereocenters. The zero-order valence-corrected chi connectivity index (χ0v) is 17.1. The van der Waals surface area contributed by atoms with Crippen LogP contribution in [-0.4, -0.2) is 35.1 Å². The smallest absolute Gasteiger partial charge is 0.292 e. The number of aromatic nitrogens is 4. The molecule has 2 amide bonds. The molecule has 1 saturated carbocycles. The zero-order chi connectivity index (χ0) is 18.1. The lowest BCUT2D eigenvalue weighted by Crippen LogP contribution is -2.33. The Morgan fingerprint density at radius 1 is 1.23 bits per heavy atom. The van der Waals surface area contributed by atoms with Crippen LogP contribution in [0.4, 0.5) is 10.6 Å². The standard InChI is InChI=1S/C17H17IN6OS/c1-10-20-14(9-26-10)13-8-19-12-6-7-15(22-16(12)21-13)23-17(25)24(18)11-4-2-3-5-11/h6-9,11H,2-5H2,1H3,(H,21,22,23,25). The number of nitrogens with zero attached hydrogens (tertiary/aromatic N) is 5. The maximum Gasteiger partial charge on any atom is 0.332 e. The van der Waals surface area contributed by atoms with Crippen LogP contribution in [0.3, 0.4) is 0 Å². The first-order valence-corrected chi connectivity index (χ1v) is 10.3. The van der Waals surface area contributed by atoms with Crippen molar-refractivity contribution in [1.82, 2.24) is 23.0 Å². The van der Waals surface area contributed by atoms with E-state index in [9.17, 15) is 4.79 Å². The highest BCUT2D eigenvalue weighted by Crippen LogP contribution is 2.27. The number of carbonyl (C=O) groups is 1. The molecule has 3 aromatic heterocycles. The SMILES string of the molecule is Cc1nc(-c2cnc3ccc(NC(=O)N(I)C4CCCC4)nc3n2)cs1. The Balaban J connectivity index is 1.57. The van der Waals surface area contributed by atoms with Gasteiger partial charge >= 0.3 is 6.03 Å². The first-order chi connectivity index (χ1) is 12.6. The molecule has 4 rings (SSSR count). The highest BCUT2D eigenvalue weighted by molar-refractivity contribution is 14.1. The number of carbonyl (C=O) groups excluding carboxylic acids is 1. The minimum absolute atomic E-state index is 0.149. The van der Waals surface area contributed by atoms with E-state index in [4.69, 9.17) is 0 Å². The summed E-state index contributed by atoms with van der Waals surface area (Å²) in [5.74, 6) is 0.475. The molecule has 0 bridgehead atoms. The molecule has 26 heavy (non-hydrogen) atoms. The van der Waals surface area contributed by atoms with Gasteiger partial charge in [-0.05, 0) is 31.9 Å². The van der Waals surface area contributed by atoms with Crippen molar-refractivity contribution in [1.29, 1.82) is 0 Å². The third-order valence-electron chi connectivity index (χ3n) is 4.36. The molecule has 0 aromatic carbocycles. The van der Waals surface area contributed by atoms with Crippen LogP contribution in [0.25, 0.3) is 22.6 Å². The third-order valence-corrected chi connectivity index (χ3v) is 6.36. The fraction of sp³-hybridized carbons (Fsp3) is 0.353. The molecule has 1 fully saturated rings. The molecular weight excluding hydrogens is 463 g/mol. The summed E-state index contributed by atoms with van der Waals surface area (Å²) >= 11 is 3.66. The van der Waals surface area contributed by atoms with E-state index in [1.807, 2.05) is 18.4 Å². The quantitative estimate of drug-likeness (QED) is 0.438. The molecule has 0 saturated heterocycles. The van der Waals surface area contributed by atoms with Crippen molar-refractivity contribution in [2.24, 2.45) is 0 Å². The topological polar surface area (TPSA) is 83.9 Å². The second-order valence-electron chi connectivity index (χ2n) is 6.23. The molecule has 1 aliphatic carbocycles. The largest absolute Gasteiger partial charge is 0.332 e. The van der Waals surface area contributed by atoms with Gasteiger partial charge in [0, 0.05) is 11.4 Å². The van der Waals surface area contributed by atoms with Gasteiger partial charge in [0.2, 0.25) is 0 Å². The Morgan fingerprint density at radius 2 is 2.04 bits per heavy atom. The molecule has 1 aliphatic rings. The summed E-state index contributed by atoms with van der Waals surface area (Å²) in [6.45, 7) is 1.95. The molecule has 1 N–H and O–H groups in total. The fourth-order valence-electron chi connectivity index (χ4n) is 3.03. The second-order valence-corrected chi connectivity index (χ2v) is 8.33. The molecule has 9 heteroatoms. The number of fused-ring (bicyclic) bond motifs is 1. The molecule has 7 nitrogen and oxygen atoms in total. The van der Waals surface area contributed by atoms with Crippen LogP contribution in [0.15, 0.2) is 23.7 Å². The number of urea groups is 1. The van der Waals surface area contributed by atoms with Gasteiger partial charge in [-0.1, -0.05) is 12.8 Å². The van der Waals surface area contributed by atoms with Gasteiger partial charge in [0.1, 0.15) is 22.7 Å². The van der Waals surface area contributed by atoms with Crippen molar-refractivity contribution in [2.75, 3.05) is 5.32 Å². The second kappa shape index (κ2) is 7.39. The van der Waals surface area contributed by atoms with Crippen molar-refractivity contribution in [3.63, 3.8) is 0 Å². The number of halogens is 1. The zero-order valence-electron chi connectivity index (χ0n) is 14.1. The first kappa shape index (κ1) is 17.5. The van der Waals surface area contributed by atoms with Crippen LogP contribution in [0.5, 0.6) is 0 Å². The van der Waals surface area contributed by atoms with E-state index >= 15 is 0 Å². The summed E-state index contributed by atoms with van der Waals surface area (Å²) in [5, 5.41) is 5.79. The molecular formula is C17H17IN6OS. The van der Waals surface area contributed by atoms with Crippen LogP contribution in [0, 0.1) is 6.92 Å². The summed E-state index contributed by atoms with van der Waals surface area (Å²) in [7, 11) is 0. The van der Waals surface area contributed by atoms with E-state index < -0.39 is 0 Å². The lowest BCUT2D eigenvalue weighted by atomic mass is 10.2. The maximum atomic E-state index is 12.4. The Labute approximate surface area is 168 Å². The Morgan fingerprint density at radius 3 is 2.77 bits per heavy atom. The van der Waals surface area contributed by atoms with Crippen LogP contribution in [-0.2, 0) is 0 Å². The van der Waals surface area contributed by atoms with Gasteiger partial charge in [-0.3, -0.25) is 13.4 Å². The van der Waals surface area contributed by atoms with Crippen molar-refractivity contribution < 1.29 is 4.79 Å². The lowest BCUT2D eigenvalue weighted by molar-refractivity contribution is 0.233. The fourth-order valence-corrected chi connectivity index (χ4v) is 4.32. The predicted molar refractivity (Wildman–Crippen MR) is 110 cm³/mol. The van der Waals surface area contributed by atoms with E-state index in [1.165, 1.54) is 12.8 Å². The Kier molecular flexibility index (Phi) is 4.98. The minimum Gasteiger partial charge on any atom is -0.292 e. The number of amides is 2. The number of thiazole rings is 1. The summed E-state index contributed by atoms with van der Waals surface area (Å²) in [4.78, 5) is 30.3. The van der Waals surface area contributed by atoms with Crippen molar-refractivity contribution >= 4 is 57.2 Å². The minimum atomic E-state index is -0.149. The molecule has 0 radical (unpaired) electrons. The number of pyridine rings is 1. The van der Waals surface area contributed by atoms with Crippen molar-refractivity contribution in [2.45, 2.75) is 38.6 Å². The maximum absolute atomic E-state index is 12.4. The molecule has 0 atom stereocenters. The van der Waals surface area contributed by atoms with E-state index in [2.05, 4.69) is 48.1 Å². The number of nitrogens with one attached hydrogen (secondary N) is 1. The molecule has 3 aromatic rings. The molecule has 0 spiro atoms. The number of aryl methyl sites for hydroxylation is 1. The van der Waals surface area contributed by atoms with Gasteiger partial charge in [-0.15, -0.1) is 11.3 Å². The van der Waals surface area contributed by atoms with E-state index in [0.29, 0.717) is 28.7 Å². The summed E-state index contributed by atoms with van der Waals surface area (Å²) in [6.07, 6.45) is 6.18. The van der Waals surface area contributed by atoms with Crippen molar-refractivity contribution in [3.05, 3.63) is 28.7 Å². The van der Waals surface area contributed by atoms with Crippen molar-refractivity contribution in [3.8, 4) is 11.4 Å². The first-order valence-electron chi connectivity index (χ1n) is 8.42. The van der Waals surface area contributed by atoms with E-state index in [-0.39, 0.29) is 6.03 Å². The average molecular weight is 480 g/mol. The predicted octanol–water partition coefficient (Wildman–Crippen LogP) is 4.58. The van der Waals surface area contributed by atoms with Gasteiger partial charge < -0.3 is 0 Å². The molecule has 0 aliphatic heterocycles. The molecule has 134 valence electrons. The van der Waals surface area contributed by atoms with Crippen LogP contribution in [0.1, 0.15) is 30.7 Å². The van der Waals surface area contributed by atoms with Gasteiger partial charge in [0.25, 0.3) is 0 Å². The number of anilines is 1. The van der Waals surface area contributed by atoms with Gasteiger partial charge in [0.05, 0.1) is 34.1 Å². The monoisotopic (exact) mass is 480 g/mol. The normalized spacial score (nSPS) is 14.7. The van der Waals surface area contributed by atoms with Crippen LogP contribution >= 0.6 is 34.2 Å². The Hall–Kier alpha value is -1.88. The van der Waals surface area contributed by atoms with Crippen LogP contribution in [0.2, 0.25) is 0 Å². The number of rotatable bonds is 3. The van der Waals surface area contributed by atoms with Crippen LogP contribution < -0.4 is 5.32 Å². The summed E-state index contributed by atoms with van der Waals surface area (Å²) < 4.78 is 1.75.